The first-order chi connectivity index (χ1) is 13.8. The normalized spacial score (nSPS) is 26.1. The molecule has 0 spiro atoms. The number of nitrogens with zero attached hydrogens (tertiary/aromatic N) is 1. The number of hydrogen-bond donors (Lipinski definition) is 2. The maximum absolute atomic E-state index is 12.7. The minimum atomic E-state index is -0.0394. The van der Waals surface area contributed by atoms with Gasteiger partial charge in [-0.05, 0) is 31.2 Å². The standard InChI is InChI=1S/C22H33N3O3.2ClH/c26-22(20-15-17-5-1-3-7-19(17)24-20)23-16-18-6-2-4-8-21(18)28-14-11-25-9-12-27-13-10-25;;/h2,4,6,8,17,19-20,24H,1,3,5,7,9-16H2,(H,23,26);2*1H. The fourth-order valence-electron chi connectivity index (χ4n) is 4.73. The number of para-hydroxylation sites is 1. The molecule has 2 aliphatic heterocycles. The molecule has 3 atom stereocenters. The molecule has 170 valence electrons. The summed E-state index contributed by atoms with van der Waals surface area (Å²) >= 11 is 0. The third kappa shape index (κ3) is 6.72. The van der Waals surface area contributed by atoms with Crippen molar-refractivity contribution in [2.24, 2.45) is 5.92 Å². The molecule has 2 saturated heterocycles. The van der Waals surface area contributed by atoms with Gasteiger partial charge in [0.1, 0.15) is 12.4 Å². The van der Waals surface area contributed by atoms with Gasteiger partial charge in [0.05, 0.1) is 19.3 Å². The monoisotopic (exact) mass is 459 g/mol. The van der Waals surface area contributed by atoms with Crippen molar-refractivity contribution in [1.29, 1.82) is 0 Å². The fourth-order valence-corrected chi connectivity index (χ4v) is 4.73. The highest BCUT2D eigenvalue weighted by molar-refractivity contribution is 5.85. The Morgan fingerprint density at radius 1 is 1.17 bits per heavy atom. The van der Waals surface area contributed by atoms with Crippen LogP contribution < -0.4 is 15.4 Å². The summed E-state index contributed by atoms with van der Waals surface area (Å²) in [4.78, 5) is 15.0. The lowest BCUT2D eigenvalue weighted by Gasteiger charge is -2.26. The largest absolute Gasteiger partial charge is 0.492 e. The summed E-state index contributed by atoms with van der Waals surface area (Å²) in [5.74, 6) is 1.67. The van der Waals surface area contributed by atoms with Crippen LogP contribution >= 0.6 is 24.8 Å². The van der Waals surface area contributed by atoms with Gasteiger partial charge in [0.15, 0.2) is 0 Å². The Balaban J connectivity index is 0.00000160. The smallest absolute Gasteiger partial charge is 0.237 e. The Bertz CT molecular complexity index is 644. The number of benzene rings is 1. The number of carbonyl (C=O) groups excluding carboxylic acids is 1. The molecule has 3 aliphatic rings. The van der Waals surface area contributed by atoms with Crippen molar-refractivity contribution in [2.75, 3.05) is 39.5 Å². The summed E-state index contributed by atoms with van der Waals surface area (Å²) < 4.78 is 11.4. The highest BCUT2D eigenvalue weighted by Gasteiger charge is 2.38. The van der Waals surface area contributed by atoms with Crippen molar-refractivity contribution in [2.45, 2.75) is 50.7 Å². The topological polar surface area (TPSA) is 62.8 Å². The predicted molar refractivity (Wildman–Crippen MR) is 123 cm³/mol. The molecule has 1 saturated carbocycles. The number of hydrogen-bond acceptors (Lipinski definition) is 5. The van der Waals surface area contributed by atoms with E-state index >= 15 is 0 Å². The van der Waals surface area contributed by atoms with Crippen molar-refractivity contribution in [3.8, 4) is 5.75 Å². The maximum Gasteiger partial charge on any atom is 0.237 e. The van der Waals surface area contributed by atoms with Gasteiger partial charge in [-0.2, -0.15) is 0 Å². The van der Waals surface area contributed by atoms with Gasteiger partial charge in [-0.1, -0.05) is 31.0 Å². The van der Waals surface area contributed by atoms with Crippen LogP contribution in [0.1, 0.15) is 37.7 Å². The van der Waals surface area contributed by atoms with Gasteiger partial charge in [0.25, 0.3) is 0 Å². The Kier molecular flexibility index (Phi) is 10.7. The first kappa shape index (κ1) is 25.2. The summed E-state index contributed by atoms with van der Waals surface area (Å²) in [5.41, 5.74) is 1.04. The Labute approximate surface area is 192 Å². The van der Waals surface area contributed by atoms with Gasteiger partial charge < -0.3 is 20.1 Å². The molecule has 1 aromatic carbocycles. The Morgan fingerprint density at radius 2 is 1.93 bits per heavy atom. The van der Waals surface area contributed by atoms with Gasteiger partial charge in [0.2, 0.25) is 5.91 Å². The van der Waals surface area contributed by atoms with E-state index in [-0.39, 0.29) is 36.8 Å². The first-order valence-electron chi connectivity index (χ1n) is 10.8. The molecule has 6 nitrogen and oxygen atoms in total. The van der Waals surface area contributed by atoms with Gasteiger partial charge >= 0.3 is 0 Å². The average molecular weight is 460 g/mol. The van der Waals surface area contributed by atoms with Crippen molar-refractivity contribution in [1.82, 2.24) is 15.5 Å². The van der Waals surface area contributed by atoms with Crippen LogP contribution in [-0.4, -0.2) is 62.3 Å². The lowest BCUT2D eigenvalue weighted by molar-refractivity contribution is -0.123. The van der Waals surface area contributed by atoms with Crippen LogP contribution in [0.3, 0.4) is 0 Å². The van der Waals surface area contributed by atoms with E-state index in [4.69, 9.17) is 9.47 Å². The zero-order valence-electron chi connectivity index (χ0n) is 17.5. The second-order valence-electron chi connectivity index (χ2n) is 8.23. The van der Waals surface area contributed by atoms with Crippen molar-refractivity contribution < 1.29 is 14.3 Å². The van der Waals surface area contributed by atoms with E-state index < -0.39 is 0 Å². The third-order valence-electron chi connectivity index (χ3n) is 6.37. The third-order valence-corrected chi connectivity index (χ3v) is 6.37. The predicted octanol–water partition coefficient (Wildman–Crippen LogP) is 2.78. The highest BCUT2D eigenvalue weighted by Crippen LogP contribution is 2.33. The summed E-state index contributed by atoms with van der Waals surface area (Å²) in [5, 5.41) is 6.68. The van der Waals surface area contributed by atoms with Gasteiger partial charge in [0, 0.05) is 37.8 Å². The van der Waals surface area contributed by atoms with Gasteiger partial charge in [-0.25, -0.2) is 0 Å². The summed E-state index contributed by atoms with van der Waals surface area (Å²) in [6.07, 6.45) is 6.06. The second kappa shape index (κ2) is 12.7. The average Bonchev–Trinajstić information content (AvgIpc) is 3.18. The van der Waals surface area contributed by atoms with E-state index in [1.54, 1.807) is 0 Å². The lowest BCUT2D eigenvalue weighted by Crippen LogP contribution is -2.42. The van der Waals surface area contributed by atoms with Gasteiger partial charge in [-0.3, -0.25) is 9.69 Å². The van der Waals surface area contributed by atoms with E-state index in [1.807, 2.05) is 24.3 Å². The van der Waals surface area contributed by atoms with Crippen LogP contribution in [0, 0.1) is 5.92 Å². The van der Waals surface area contributed by atoms with Crippen LogP contribution in [0.4, 0.5) is 0 Å². The second-order valence-corrected chi connectivity index (χ2v) is 8.23. The lowest BCUT2D eigenvalue weighted by atomic mass is 9.85. The summed E-state index contributed by atoms with van der Waals surface area (Å²) in [7, 11) is 0. The fraction of sp³-hybridized carbons (Fsp3) is 0.682. The molecule has 30 heavy (non-hydrogen) atoms. The zero-order chi connectivity index (χ0) is 19.2. The first-order valence-corrected chi connectivity index (χ1v) is 10.8. The van der Waals surface area contributed by atoms with Crippen molar-refractivity contribution >= 4 is 30.7 Å². The number of amides is 1. The van der Waals surface area contributed by atoms with E-state index in [9.17, 15) is 4.79 Å². The molecule has 1 aromatic rings. The number of morpholine rings is 1. The highest BCUT2D eigenvalue weighted by atomic mass is 35.5. The molecular weight excluding hydrogens is 425 g/mol. The number of nitrogens with one attached hydrogen (secondary N) is 2. The molecule has 1 amide bonds. The number of halogens is 2. The number of ether oxygens (including phenoxy) is 2. The molecular formula is C22H35Cl2N3O3. The molecule has 4 rings (SSSR count). The Morgan fingerprint density at radius 3 is 2.73 bits per heavy atom. The quantitative estimate of drug-likeness (QED) is 0.656. The Hall–Kier alpha value is -1.05. The van der Waals surface area contributed by atoms with E-state index in [0.29, 0.717) is 25.1 Å². The zero-order valence-corrected chi connectivity index (χ0v) is 19.1. The molecule has 2 heterocycles. The molecule has 0 aromatic heterocycles. The van der Waals surface area contributed by atoms with E-state index in [1.165, 1.54) is 25.7 Å². The summed E-state index contributed by atoms with van der Waals surface area (Å²) in [6.45, 7) is 5.62. The van der Waals surface area contributed by atoms with Crippen LogP contribution in [0.2, 0.25) is 0 Å². The molecule has 3 fully saturated rings. The number of fused-ring (bicyclic) bond motifs is 1. The number of carbonyl (C=O) groups is 1. The molecule has 8 heteroatoms. The summed E-state index contributed by atoms with van der Waals surface area (Å²) in [6, 6.07) is 8.51. The SMILES string of the molecule is Cl.Cl.O=C(NCc1ccccc1OCCN1CCOCC1)C1CC2CCCCC2N1. The maximum atomic E-state index is 12.7. The van der Waals surface area contributed by atoms with Crippen LogP contribution in [-0.2, 0) is 16.1 Å². The van der Waals surface area contributed by atoms with Crippen LogP contribution in [0.25, 0.3) is 0 Å². The van der Waals surface area contributed by atoms with Crippen LogP contribution in [0.15, 0.2) is 24.3 Å². The minimum Gasteiger partial charge on any atom is -0.492 e. The van der Waals surface area contributed by atoms with Crippen LogP contribution in [0.5, 0.6) is 5.75 Å². The number of rotatable bonds is 7. The van der Waals surface area contributed by atoms with E-state index in [0.717, 1.165) is 50.6 Å². The van der Waals surface area contributed by atoms with Crippen molar-refractivity contribution in [3.05, 3.63) is 29.8 Å². The molecule has 1 aliphatic carbocycles. The molecule has 2 N–H and O–H groups in total. The van der Waals surface area contributed by atoms with Gasteiger partial charge in [-0.15, -0.1) is 24.8 Å². The van der Waals surface area contributed by atoms with E-state index in [2.05, 4.69) is 15.5 Å². The molecule has 0 radical (unpaired) electrons. The minimum absolute atomic E-state index is 0. The van der Waals surface area contributed by atoms with Crippen molar-refractivity contribution in [3.63, 3.8) is 0 Å². The molecule has 0 bridgehead atoms. The molecule has 3 unspecified atom stereocenters.